The van der Waals surface area contributed by atoms with Gasteiger partial charge in [-0.2, -0.15) is 0 Å². The molecule has 33 heavy (non-hydrogen) atoms. The van der Waals surface area contributed by atoms with Gasteiger partial charge in [0.05, 0.1) is 0 Å². The van der Waals surface area contributed by atoms with Crippen LogP contribution in [0.4, 0.5) is 0 Å². The minimum absolute atomic E-state index is 0.941. The summed E-state index contributed by atoms with van der Waals surface area (Å²) in [4.78, 5) is 0. The predicted octanol–water partition coefficient (Wildman–Crippen LogP) is 9.85. The van der Waals surface area contributed by atoms with Gasteiger partial charge in [0.25, 0.3) is 0 Å². The third kappa shape index (κ3) is 3.68. The van der Waals surface area contributed by atoms with Crippen molar-refractivity contribution in [3.05, 3.63) is 71.8 Å². The molecule has 0 bridgehead atoms. The van der Waals surface area contributed by atoms with E-state index in [1.54, 1.807) is 0 Å². The molecular formula is C31H30O2. The van der Waals surface area contributed by atoms with Gasteiger partial charge in [0.15, 0.2) is 0 Å². The van der Waals surface area contributed by atoms with E-state index in [2.05, 4.69) is 74.5 Å². The third-order valence-electron chi connectivity index (χ3n) is 7.06. The molecule has 2 heterocycles. The zero-order chi connectivity index (χ0) is 22.4. The second-order valence-electron chi connectivity index (χ2n) is 9.60. The lowest BCUT2D eigenvalue weighted by molar-refractivity contribution is 0.607. The molecule has 0 aliphatic rings. The summed E-state index contributed by atoms with van der Waals surface area (Å²) >= 11 is 0. The lowest BCUT2D eigenvalue weighted by Crippen LogP contribution is -1.86. The second kappa shape index (κ2) is 8.26. The van der Waals surface area contributed by atoms with E-state index >= 15 is 0 Å². The highest BCUT2D eigenvalue weighted by Gasteiger charge is 2.13. The van der Waals surface area contributed by atoms with Gasteiger partial charge in [-0.1, -0.05) is 63.3 Å². The fraction of sp³-hybridized carbons (Fsp3) is 0.290. The normalized spacial score (nSPS) is 12.2. The van der Waals surface area contributed by atoms with E-state index < -0.39 is 0 Å². The molecule has 0 atom stereocenters. The molecule has 2 heteroatoms. The smallest absolute Gasteiger partial charge is 0.136 e. The van der Waals surface area contributed by atoms with Gasteiger partial charge in [0.1, 0.15) is 22.3 Å². The molecule has 0 saturated carbocycles. The average Bonchev–Trinajstić information content (AvgIpc) is 3.34. The Morgan fingerprint density at radius 1 is 0.545 bits per heavy atom. The van der Waals surface area contributed by atoms with Gasteiger partial charge in [-0.05, 0) is 78.1 Å². The van der Waals surface area contributed by atoms with E-state index in [-0.39, 0.29) is 0 Å². The molecule has 2 nitrogen and oxygen atoms in total. The zero-order valence-corrected chi connectivity index (χ0v) is 19.5. The Hall–Kier alpha value is -3.26. The Morgan fingerprint density at radius 3 is 1.82 bits per heavy atom. The van der Waals surface area contributed by atoms with Gasteiger partial charge in [0.2, 0.25) is 0 Å². The van der Waals surface area contributed by atoms with Crippen molar-refractivity contribution in [3.63, 3.8) is 0 Å². The quantitative estimate of drug-likeness (QED) is 0.234. The van der Waals surface area contributed by atoms with Gasteiger partial charge in [0, 0.05) is 21.5 Å². The van der Waals surface area contributed by atoms with Crippen molar-refractivity contribution in [1.29, 1.82) is 0 Å². The number of furan rings is 2. The maximum atomic E-state index is 6.33. The molecule has 0 unspecified atom stereocenters. The van der Waals surface area contributed by atoms with Crippen molar-refractivity contribution < 1.29 is 8.83 Å². The highest BCUT2D eigenvalue weighted by molar-refractivity contribution is 6.15. The van der Waals surface area contributed by atoms with Crippen LogP contribution in [0.2, 0.25) is 0 Å². The first-order valence-corrected chi connectivity index (χ1v) is 12.4. The summed E-state index contributed by atoms with van der Waals surface area (Å²) in [6.45, 7) is 4.37. The molecule has 2 aromatic heterocycles. The van der Waals surface area contributed by atoms with Crippen molar-refractivity contribution in [1.82, 2.24) is 0 Å². The zero-order valence-electron chi connectivity index (χ0n) is 19.5. The molecular weight excluding hydrogens is 404 g/mol. The Bertz CT molecular complexity index is 1610. The first-order chi connectivity index (χ1) is 16.2. The van der Waals surface area contributed by atoms with Crippen LogP contribution in [0, 0.1) is 6.92 Å². The fourth-order valence-corrected chi connectivity index (χ4v) is 5.21. The van der Waals surface area contributed by atoms with Crippen LogP contribution < -0.4 is 0 Å². The van der Waals surface area contributed by atoms with E-state index in [9.17, 15) is 0 Å². The summed E-state index contributed by atoms with van der Waals surface area (Å²) in [5, 5.41) is 7.07. The topological polar surface area (TPSA) is 26.3 Å². The monoisotopic (exact) mass is 434 g/mol. The molecule has 6 rings (SSSR count). The Kier molecular flexibility index (Phi) is 5.10. The highest BCUT2D eigenvalue weighted by Crippen LogP contribution is 2.37. The molecule has 4 aromatic carbocycles. The van der Waals surface area contributed by atoms with Crippen molar-refractivity contribution in [2.45, 2.75) is 58.8 Å². The van der Waals surface area contributed by atoms with E-state index in [4.69, 9.17) is 8.83 Å². The van der Waals surface area contributed by atoms with Crippen LogP contribution in [0.1, 0.15) is 56.6 Å². The van der Waals surface area contributed by atoms with Crippen LogP contribution in [0.25, 0.3) is 54.6 Å². The number of hydrogen-bond acceptors (Lipinski definition) is 2. The molecule has 0 spiro atoms. The van der Waals surface area contributed by atoms with Crippen molar-refractivity contribution in [3.8, 4) is 0 Å². The minimum atomic E-state index is 0.941. The first-order valence-electron chi connectivity index (χ1n) is 12.4. The Morgan fingerprint density at radius 2 is 1.12 bits per heavy atom. The molecule has 0 saturated heterocycles. The van der Waals surface area contributed by atoms with Crippen molar-refractivity contribution in [2.75, 3.05) is 0 Å². The average molecular weight is 435 g/mol. The number of benzene rings is 4. The standard InChI is InChI=1S/C31H30O2/c1-3-4-5-6-7-8-9-21-11-13-25-27-17-23-18-30-26(24-12-10-20(2)14-28(24)32-30)16-22(23)19-31(27)33-29(25)15-21/h10-19H,3-9H2,1-2H3. The first kappa shape index (κ1) is 20.4. The largest absolute Gasteiger partial charge is 0.456 e. The van der Waals surface area contributed by atoms with Crippen LogP contribution in [0.15, 0.2) is 69.5 Å². The van der Waals surface area contributed by atoms with E-state index in [0.717, 1.165) is 34.1 Å². The summed E-state index contributed by atoms with van der Waals surface area (Å²) < 4.78 is 12.5. The van der Waals surface area contributed by atoms with Crippen LogP contribution in [-0.2, 0) is 6.42 Å². The highest BCUT2D eigenvalue weighted by atomic mass is 16.3. The number of hydrogen-bond donors (Lipinski definition) is 0. The molecule has 0 aliphatic heterocycles. The number of aryl methyl sites for hydroxylation is 2. The van der Waals surface area contributed by atoms with Crippen molar-refractivity contribution >= 4 is 54.6 Å². The third-order valence-corrected chi connectivity index (χ3v) is 7.06. The van der Waals surface area contributed by atoms with Gasteiger partial charge >= 0.3 is 0 Å². The molecule has 0 N–H and O–H groups in total. The van der Waals surface area contributed by atoms with E-state index in [1.165, 1.54) is 76.6 Å². The summed E-state index contributed by atoms with van der Waals surface area (Å²) in [7, 11) is 0. The van der Waals surface area contributed by atoms with Crippen LogP contribution in [0.3, 0.4) is 0 Å². The minimum Gasteiger partial charge on any atom is -0.456 e. The number of rotatable bonds is 7. The van der Waals surface area contributed by atoms with Crippen LogP contribution in [-0.4, -0.2) is 0 Å². The maximum Gasteiger partial charge on any atom is 0.136 e. The Labute approximate surface area is 194 Å². The predicted molar refractivity (Wildman–Crippen MR) is 140 cm³/mol. The summed E-state index contributed by atoms with van der Waals surface area (Å²) in [5.74, 6) is 0. The molecule has 166 valence electrons. The summed E-state index contributed by atoms with van der Waals surface area (Å²) in [6.07, 6.45) is 9.09. The van der Waals surface area contributed by atoms with Gasteiger partial charge in [-0.25, -0.2) is 0 Å². The summed E-state index contributed by atoms with van der Waals surface area (Å²) in [6, 6.07) is 22.0. The molecule has 0 radical (unpaired) electrons. The maximum absolute atomic E-state index is 6.33. The molecule has 0 amide bonds. The SMILES string of the molecule is CCCCCCCCc1ccc2c(c1)oc1cc3cc4c(cc3cc12)oc1cc(C)ccc14. The summed E-state index contributed by atoms with van der Waals surface area (Å²) in [5.41, 5.74) is 6.43. The van der Waals surface area contributed by atoms with Gasteiger partial charge in [-0.3, -0.25) is 0 Å². The number of fused-ring (bicyclic) bond motifs is 7. The lowest BCUT2D eigenvalue weighted by Gasteiger charge is -2.02. The van der Waals surface area contributed by atoms with E-state index in [1.807, 2.05) is 0 Å². The fourth-order valence-electron chi connectivity index (χ4n) is 5.21. The van der Waals surface area contributed by atoms with Crippen LogP contribution in [0.5, 0.6) is 0 Å². The molecule has 0 aliphatic carbocycles. The lowest BCUT2D eigenvalue weighted by atomic mass is 10.0. The molecule has 0 fully saturated rings. The van der Waals surface area contributed by atoms with Gasteiger partial charge in [-0.15, -0.1) is 0 Å². The second-order valence-corrected chi connectivity index (χ2v) is 9.60. The Balaban J connectivity index is 1.36. The van der Waals surface area contributed by atoms with E-state index in [0.29, 0.717) is 0 Å². The number of unbranched alkanes of at least 4 members (excludes halogenated alkanes) is 5. The van der Waals surface area contributed by atoms with Crippen LogP contribution >= 0.6 is 0 Å². The van der Waals surface area contributed by atoms with Crippen molar-refractivity contribution in [2.24, 2.45) is 0 Å². The molecule has 6 aromatic rings. The van der Waals surface area contributed by atoms with Gasteiger partial charge < -0.3 is 8.83 Å².